The molecule has 3 rings (SSSR count). The first kappa shape index (κ1) is 20.3. The Morgan fingerprint density at radius 2 is 1.35 bits per heavy atom. The number of aromatic nitrogens is 1. The molecule has 1 N–H and O–H groups in total. The molecular weight excluding hydrogens is 342 g/mol. The van der Waals surface area contributed by atoms with Gasteiger partial charge in [-0.25, -0.2) is 4.98 Å². The van der Waals surface area contributed by atoms with Gasteiger partial charge in [-0.15, -0.1) is 0 Å². The fraction of sp³-hybridized carbons (Fsp3) is 0.318. The summed E-state index contributed by atoms with van der Waals surface area (Å²) in [6.45, 7) is 0.348. The van der Waals surface area contributed by atoms with Crippen molar-refractivity contribution >= 4 is 12.6 Å². The second kappa shape index (κ2) is 12.3. The molecule has 138 valence electrons. The number of oxazole rings is 1. The van der Waals surface area contributed by atoms with E-state index in [1.807, 2.05) is 60.7 Å². The van der Waals surface area contributed by atoms with Crippen LogP contribution in [0.1, 0.15) is 32.1 Å². The van der Waals surface area contributed by atoms with E-state index in [1.165, 1.54) is 32.1 Å². The zero-order chi connectivity index (χ0) is 18.5. The van der Waals surface area contributed by atoms with Crippen LogP contribution in [0, 0.1) is 0 Å². The van der Waals surface area contributed by atoms with Crippen molar-refractivity contribution in [1.82, 2.24) is 4.98 Å². The highest BCUT2D eigenvalue weighted by molar-refractivity contribution is 7.80. The summed E-state index contributed by atoms with van der Waals surface area (Å²) in [6, 6.07) is 20.1. The monoisotopic (exact) mass is 369 g/mol. The molecule has 0 saturated carbocycles. The van der Waals surface area contributed by atoms with Gasteiger partial charge in [0.25, 0.3) is 0 Å². The van der Waals surface area contributed by atoms with E-state index in [2.05, 4.69) is 17.6 Å². The lowest BCUT2D eigenvalue weighted by molar-refractivity contribution is 0.282. The lowest BCUT2D eigenvalue weighted by Gasteiger charge is -2.00. The maximum Gasteiger partial charge on any atom is 0.182 e. The van der Waals surface area contributed by atoms with Gasteiger partial charge in [-0.2, -0.15) is 12.6 Å². The summed E-state index contributed by atoms with van der Waals surface area (Å²) in [5, 5.41) is 8.41. The molecule has 3 nitrogen and oxygen atoms in total. The Bertz CT molecular complexity index is 653. The van der Waals surface area contributed by atoms with E-state index in [1.54, 1.807) is 0 Å². The summed E-state index contributed by atoms with van der Waals surface area (Å²) in [5.74, 6) is 1.82. The van der Waals surface area contributed by atoms with Crippen LogP contribution in [0.3, 0.4) is 0 Å². The summed E-state index contributed by atoms with van der Waals surface area (Å²) in [6.07, 6.45) is 7.36. The Morgan fingerprint density at radius 1 is 0.769 bits per heavy atom. The molecule has 0 saturated heterocycles. The summed E-state index contributed by atoms with van der Waals surface area (Å²) in [7, 11) is 0. The van der Waals surface area contributed by atoms with Crippen molar-refractivity contribution in [3.05, 3.63) is 67.1 Å². The zero-order valence-corrected chi connectivity index (χ0v) is 15.9. The normalized spacial score (nSPS) is 10.2. The van der Waals surface area contributed by atoms with Crippen molar-refractivity contribution in [1.29, 1.82) is 0 Å². The third kappa shape index (κ3) is 6.70. The van der Waals surface area contributed by atoms with Gasteiger partial charge in [0, 0.05) is 17.7 Å². The fourth-order valence-electron chi connectivity index (χ4n) is 2.60. The van der Waals surface area contributed by atoms with Crippen LogP contribution in [0.15, 0.2) is 71.5 Å². The Hall–Kier alpha value is -2.04. The molecule has 0 radical (unpaired) electrons. The Balaban J connectivity index is 0.000000232. The summed E-state index contributed by atoms with van der Waals surface area (Å²) in [5.41, 5.74) is 3.00. The molecule has 0 aliphatic heterocycles. The highest BCUT2D eigenvalue weighted by atomic mass is 32.1. The summed E-state index contributed by atoms with van der Waals surface area (Å²) < 4.78 is 5.49. The van der Waals surface area contributed by atoms with E-state index >= 15 is 0 Å². The van der Waals surface area contributed by atoms with Crippen molar-refractivity contribution < 1.29 is 9.52 Å². The highest BCUT2D eigenvalue weighted by Crippen LogP contribution is 2.30. The molecule has 26 heavy (non-hydrogen) atoms. The molecular formula is C22H27NO2S. The number of hydrogen-bond acceptors (Lipinski definition) is 4. The van der Waals surface area contributed by atoms with Crippen LogP contribution < -0.4 is 0 Å². The van der Waals surface area contributed by atoms with E-state index in [0.717, 1.165) is 34.8 Å². The summed E-state index contributed by atoms with van der Waals surface area (Å²) >= 11 is 4.10. The van der Waals surface area contributed by atoms with Crippen LogP contribution in [-0.2, 0) is 0 Å². The molecule has 0 amide bonds. The van der Waals surface area contributed by atoms with Gasteiger partial charge in [0.15, 0.2) is 12.2 Å². The first-order valence-electron chi connectivity index (χ1n) is 9.13. The van der Waals surface area contributed by atoms with Crippen molar-refractivity contribution in [3.8, 4) is 22.6 Å². The van der Waals surface area contributed by atoms with Gasteiger partial charge in [-0.3, -0.25) is 0 Å². The van der Waals surface area contributed by atoms with Crippen LogP contribution >= 0.6 is 12.6 Å². The molecule has 0 bridgehead atoms. The number of nitrogens with zero attached hydrogens (tertiary/aromatic N) is 1. The molecule has 2 aromatic carbocycles. The molecule has 0 atom stereocenters. The standard InChI is InChI=1S/C15H11NO.C7H16OS/c1-3-7-12(8-4-1)14-15(17-11-16-14)13-9-5-2-6-10-13;8-6-4-2-1-3-5-7-9/h1-11H;8-9H,1-7H2. The van der Waals surface area contributed by atoms with Crippen LogP contribution in [0.2, 0.25) is 0 Å². The second-order valence-electron chi connectivity index (χ2n) is 5.98. The van der Waals surface area contributed by atoms with Crippen LogP contribution in [-0.4, -0.2) is 22.5 Å². The van der Waals surface area contributed by atoms with Crippen LogP contribution in [0.4, 0.5) is 0 Å². The van der Waals surface area contributed by atoms with Gasteiger partial charge in [0.1, 0.15) is 5.69 Å². The average Bonchev–Trinajstić information content (AvgIpc) is 3.20. The lowest BCUT2D eigenvalue weighted by Crippen LogP contribution is -1.83. The predicted molar refractivity (Wildman–Crippen MR) is 111 cm³/mol. The lowest BCUT2D eigenvalue weighted by atomic mass is 10.1. The van der Waals surface area contributed by atoms with E-state index in [-0.39, 0.29) is 0 Å². The number of hydrogen-bond donors (Lipinski definition) is 2. The Labute approximate surface area is 161 Å². The molecule has 4 heteroatoms. The molecule has 1 aromatic heterocycles. The fourth-order valence-corrected chi connectivity index (χ4v) is 2.82. The van der Waals surface area contributed by atoms with Gasteiger partial charge in [-0.05, 0) is 18.6 Å². The minimum Gasteiger partial charge on any atom is -0.443 e. The van der Waals surface area contributed by atoms with Gasteiger partial charge < -0.3 is 9.52 Å². The maximum atomic E-state index is 8.41. The topological polar surface area (TPSA) is 46.3 Å². The minimum atomic E-state index is 0.348. The van der Waals surface area contributed by atoms with Gasteiger partial charge in [-0.1, -0.05) is 79.9 Å². The third-order valence-corrected chi connectivity index (χ3v) is 4.28. The number of unbranched alkanes of at least 4 members (excludes halogenated alkanes) is 4. The van der Waals surface area contributed by atoms with E-state index in [4.69, 9.17) is 9.52 Å². The van der Waals surface area contributed by atoms with Gasteiger partial charge in [0.2, 0.25) is 0 Å². The largest absolute Gasteiger partial charge is 0.443 e. The molecule has 3 aromatic rings. The molecule has 0 unspecified atom stereocenters. The molecule has 0 aliphatic carbocycles. The van der Waals surface area contributed by atoms with Crippen molar-refractivity contribution in [2.45, 2.75) is 32.1 Å². The predicted octanol–water partition coefficient (Wildman–Crippen LogP) is 5.87. The van der Waals surface area contributed by atoms with Crippen LogP contribution in [0.25, 0.3) is 22.6 Å². The molecule has 0 aliphatic rings. The number of thiol groups is 1. The number of rotatable bonds is 8. The number of benzene rings is 2. The third-order valence-electron chi connectivity index (χ3n) is 3.97. The van der Waals surface area contributed by atoms with Crippen molar-refractivity contribution in [3.63, 3.8) is 0 Å². The Kier molecular flexibility index (Phi) is 9.62. The van der Waals surface area contributed by atoms with Crippen molar-refractivity contribution in [2.24, 2.45) is 0 Å². The maximum absolute atomic E-state index is 8.41. The SMILES string of the molecule is OCCCCCCCS.c1ccc(-c2ncoc2-c2ccccc2)cc1. The van der Waals surface area contributed by atoms with E-state index < -0.39 is 0 Å². The Morgan fingerprint density at radius 3 is 1.96 bits per heavy atom. The quantitative estimate of drug-likeness (QED) is 0.386. The molecule has 1 heterocycles. The van der Waals surface area contributed by atoms with E-state index in [9.17, 15) is 0 Å². The van der Waals surface area contributed by atoms with Crippen molar-refractivity contribution in [2.75, 3.05) is 12.4 Å². The first-order valence-corrected chi connectivity index (χ1v) is 9.76. The van der Waals surface area contributed by atoms with E-state index in [0.29, 0.717) is 6.61 Å². The summed E-state index contributed by atoms with van der Waals surface area (Å²) in [4.78, 5) is 4.30. The average molecular weight is 370 g/mol. The second-order valence-corrected chi connectivity index (χ2v) is 6.42. The van der Waals surface area contributed by atoms with Crippen LogP contribution in [0.5, 0.6) is 0 Å². The first-order chi connectivity index (χ1) is 12.9. The highest BCUT2D eigenvalue weighted by Gasteiger charge is 2.11. The molecule has 0 spiro atoms. The number of aliphatic hydroxyl groups is 1. The number of aliphatic hydroxyl groups excluding tert-OH is 1. The smallest absolute Gasteiger partial charge is 0.182 e. The zero-order valence-electron chi connectivity index (χ0n) is 15.1. The molecule has 0 fully saturated rings. The minimum absolute atomic E-state index is 0.348. The van der Waals surface area contributed by atoms with Gasteiger partial charge in [0.05, 0.1) is 0 Å². The van der Waals surface area contributed by atoms with Gasteiger partial charge >= 0.3 is 0 Å².